The minimum atomic E-state index is -0.320. The Morgan fingerprint density at radius 3 is 2.03 bits per heavy atom. The molecule has 8 heteroatoms. The molecule has 0 bridgehead atoms. The number of nitrogens with one attached hydrogen (secondary N) is 2. The molecule has 2 N–H and O–H groups in total. The van der Waals surface area contributed by atoms with Crippen molar-refractivity contribution in [1.29, 1.82) is 0 Å². The fraction of sp³-hybridized carbons (Fsp3) is 0.103. The highest BCUT2D eigenvalue weighted by Crippen LogP contribution is 2.24. The summed E-state index contributed by atoms with van der Waals surface area (Å²) in [5.74, 6) is -0.497. The Morgan fingerprint density at radius 2 is 1.35 bits per heavy atom. The number of rotatable bonds is 8. The number of imide groups is 1. The molecule has 0 unspecified atom stereocenters. The second kappa shape index (κ2) is 10.3. The smallest absolute Gasteiger partial charge is 0.261 e. The molecule has 1 aromatic heterocycles. The van der Waals surface area contributed by atoms with Gasteiger partial charge in [0.15, 0.2) is 0 Å². The minimum absolute atomic E-state index is 0.128. The van der Waals surface area contributed by atoms with Crippen LogP contribution in [0.15, 0.2) is 95.6 Å². The standard InChI is InChI=1S/C29H23N3O5/c33-26(30-16-20-5-3-6-22(15-20)27(34)31-17-23-7-4-14-37-23)21-12-10-19(11-13-21)18-32-28(35)24-8-1-2-9-25(24)29(32)36/h1-15H,16-18H2,(H,30,33)(H,31,34). The summed E-state index contributed by atoms with van der Waals surface area (Å²) in [6.07, 6.45) is 1.55. The molecule has 0 saturated carbocycles. The van der Waals surface area contributed by atoms with Gasteiger partial charge in [0.2, 0.25) is 0 Å². The first-order valence-electron chi connectivity index (χ1n) is 11.7. The van der Waals surface area contributed by atoms with Gasteiger partial charge in [-0.05, 0) is 59.7 Å². The van der Waals surface area contributed by atoms with Crippen molar-refractivity contribution in [3.8, 4) is 0 Å². The van der Waals surface area contributed by atoms with Crippen molar-refractivity contribution >= 4 is 23.6 Å². The fourth-order valence-corrected chi connectivity index (χ4v) is 4.12. The number of hydrogen-bond acceptors (Lipinski definition) is 5. The first kappa shape index (κ1) is 23.7. The largest absolute Gasteiger partial charge is 0.467 e. The van der Waals surface area contributed by atoms with Crippen molar-refractivity contribution in [2.45, 2.75) is 19.6 Å². The van der Waals surface area contributed by atoms with Gasteiger partial charge in [-0.1, -0.05) is 36.4 Å². The molecule has 184 valence electrons. The second-order valence-electron chi connectivity index (χ2n) is 8.58. The molecule has 1 aliphatic heterocycles. The SMILES string of the molecule is O=C(NCc1cccc(C(=O)NCc2ccco2)c1)c1ccc(CN2C(=O)c3ccccc3C2=O)cc1. The van der Waals surface area contributed by atoms with Gasteiger partial charge in [0.25, 0.3) is 23.6 Å². The van der Waals surface area contributed by atoms with Gasteiger partial charge < -0.3 is 15.1 Å². The Morgan fingerprint density at radius 1 is 0.676 bits per heavy atom. The maximum absolute atomic E-state index is 12.7. The predicted molar refractivity (Wildman–Crippen MR) is 135 cm³/mol. The lowest BCUT2D eigenvalue weighted by molar-refractivity contribution is 0.0641. The van der Waals surface area contributed by atoms with E-state index in [0.29, 0.717) is 28.0 Å². The molecule has 0 spiro atoms. The quantitative estimate of drug-likeness (QED) is 0.362. The molecule has 3 aromatic carbocycles. The van der Waals surface area contributed by atoms with E-state index in [2.05, 4.69) is 10.6 Å². The summed E-state index contributed by atoms with van der Waals surface area (Å²) < 4.78 is 5.22. The topological polar surface area (TPSA) is 109 Å². The average molecular weight is 494 g/mol. The van der Waals surface area contributed by atoms with Crippen molar-refractivity contribution in [3.05, 3.63) is 130 Å². The number of fused-ring (bicyclic) bond motifs is 1. The van der Waals surface area contributed by atoms with Crippen LogP contribution in [-0.2, 0) is 19.6 Å². The van der Waals surface area contributed by atoms with Crippen LogP contribution in [0.1, 0.15) is 58.3 Å². The third-order valence-corrected chi connectivity index (χ3v) is 6.08. The zero-order chi connectivity index (χ0) is 25.8. The monoisotopic (exact) mass is 493 g/mol. The minimum Gasteiger partial charge on any atom is -0.467 e. The van der Waals surface area contributed by atoms with Crippen LogP contribution in [0.5, 0.6) is 0 Å². The fourth-order valence-electron chi connectivity index (χ4n) is 4.12. The molecule has 8 nitrogen and oxygen atoms in total. The predicted octanol–water partition coefficient (Wildman–Crippen LogP) is 3.94. The molecule has 0 atom stereocenters. The first-order chi connectivity index (χ1) is 18.0. The van der Waals surface area contributed by atoms with E-state index in [4.69, 9.17) is 4.42 Å². The van der Waals surface area contributed by atoms with Gasteiger partial charge in [-0.15, -0.1) is 0 Å². The van der Waals surface area contributed by atoms with Crippen molar-refractivity contribution in [2.24, 2.45) is 0 Å². The normalized spacial score (nSPS) is 12.4. The highest BCUT2D eigenvalue weighted by molar-refractivity contribution is 6.21. The van der Waals surface area contributed by atoms with E-state index >= 15 is 0 Å². The van der Waals surface area contributed by atoms with Crippen molar-refractivity contribution < 1.29 is 23.6 Å². The van der Waals surface area contributed by atoms with Gasteiger partial charge in [-0.3, -0.25) is 24.1 Å². The molecule has 5 rings (SSSR count). The molecule has 4 amide bonds. The highest BCUT2D eigenvalue weighted by Gasteiger charge is 2.34. The van der Waals surface area contributed by atoms with Crippen LogP contribution >= 0.6 is 0 Å². The summed E-state index contributed by atoms with van der Waals surface area (Å²) >= 11 is 0. The Bertz CT molecular complexity index is 1440. The molecule has 0 radical (unpaired) electrons. The van der Waals surface area contributed by atoms with Crippen molar-refractivity contribution in [2.75, 3.05) is 0 Å². The summed E-state index contributed by atoms with van der Waals surface area (Å²) in [5, 5.41) is 5.65. The zero-order valence-corrected chi connectivity index (χ0v) is 19.8. The molecule has 4 aromatic rings. The number of benzene rings is 3. The molecule has 0 aliphatic carbocycles. The Labute approximate surface area is 212 Å². The Balaban J connectivity index is 1.16. The number of carbonyl (C=O) groups is 4. The van der Waals surface area contributed by atoms with E-state index in [1.807, 2.05) is 6.07 Å². The first-order valence-corrected chi connectivity index (χ1v) is 11.7. The molecule has 37 heavy (non-hydrogen) atoms. The number of furan rings is 1. The zero-order valence-electron chi connectivity index (χ0n) is 19.8. The molecular weight excluding hydrogens is 470 g/mol. The second-order valence-corrected chi connectivity index (χ2v) is 8.58. The molecule has 1 aliphatic rings. The summed E-state index contributed by atoms with van der Waals surface area (Å²) in [7, 11) is 0. The highest BCUT2D eigenvalue weighted by atomic mass is 16.3. The van der Waals surface area contributed by atoms with Crippen LogP contribution in [-0.4, -0.2) is 28.5 Å². The van der Waals surface area contributed by atoms with E-state index < -0.39 is 0 Å². The van der Waals surface area contributed by atoms with E-state index in [1.54, 1.807) is 85.1 Å². The lowest BCUT2D eigenvalue weighted by Gasteiger charge is -2.14. The molecule has 0 saturated heterocycles. The summed E-state index contributed by atoms with van der Waals surface area (Å²) in [6.45, 7) is 0.660. The molecule has 2 heterocycles. The third-order valence-electron chi connectivity index (χ3n) is 6.08. The van der Waals surface area contributed by atoms with Gasteiger partial charge in [0, 0.05) is 17.7 Å². The average Bonchev–Trinajstić information content (AvgIpc) is 3.54. The number of hydrogen-bond donors (Lipinski definition) is 2. The van der Waals surface area contributed by atoms with Gasteiger partial charge in [-0.25, -0.2) is 0 Å². The molecular formula is C29H23N3O5. The van der Waals surface area contributed by atoms with Gasteiger partial charge in [0.1, 0.15) is 5.76 Å². The van der Waals surface area contributed by atoms with Crippen LogP contribution in [0.2, 0.25) is 0 Å². The number of amides is 4. The third kappa shape index (κ3) is 5.18. The molecule has 0 fully saturated rings. The number of carbonyl (C=O) groups excluding carboxylic acids is 4. The Kier molecular flexibility index (Phi) is 6.63. The number of nitrogens with zero attached hydrogens (tertiary/aromatic N) is 1. The Hall–Kier alpha value is -4.98. The van der Waals surface area contributed by atoms with E-state index in [1.165, 1.54) is 4.90 Å². The van der Waals surface area contributed by atoms with Crippen LogP contribution < -0.4 is 10.6 Å². The maximum Gasteiger partial charge on any atom is 0.261 e. The van der Waals surface area contributed by atoms with Crippen LogP contribution in [0.25, 0.3) is 0 Å². The maximum atomic E-state index is 12.7. The van der Waals surface area contributed by atoms with Crippen LogP contribution in [0.4, 0.5) is 0 Å². The summed E-state index contributed by atoms with van der Waals surface area (Å²) in [5.41, 5.74) is 3.25. The van der Waals surface area contributed by atoms with E-state index in [0.717, 1.165) is 11.1 Å². The van der Waals surface area contributed by atoms with E-state index in [9.17, 15) is 19.2 Å². The van der Waals surface area contributed by atoms with Gasteiger partial charge >= 0.3 is 0 Å². The van der Waals surface area contributed by atoms with Gasteiger partial charge in [-0.2, -0.15) is 0 Å². The lowest BCUT2D eigenvalue weighted by Crippen LogP contribution is -2.29. The van der Waals surface area contributed by atoms with Crippen LogP contribution in [0.3, 0.4) is 0 Å². The van der Waals surface area contributed by atoms with Crippen LogP contribution in [0, 0.1) is 0 Å². The lowest BCUT2D eigenvalue weighted by atomic mass is 10.1. The van der Waals surface area contributed by atoms with E-state index in [-0.39, 0.29) is 43.3 Å². The van der Waals surface area contributed by atoms with Crippen molar-refractivity contribution in [3.63, 3.8) is 0 Å². The van der Waals surface area contributed by atoms with Crippen molar-refractivity contribution in [1.82, 2.24) is 15.5 Å². The van der Waals surface area contributed by atoms with Gasteiger partial charge in [0.05, 0.1) is 30.5 Å². The summed E-state index contributed by atoms with van der Waals surface area (Å²) in [4.78, 5) is 51.4. The summed E-state index contributed by atoms with van der Waals surface area (Å²) in [6, 6.07) is 24.1.